The Labute approximate surface area is 90.4 Å². The maximum Gasteiger partial charge on any atom is -0.00491 e. The smallest absolute Gasteiger partial charge is 0.00491 e. The van der Waals surface area contributed by atoms with E-state index in [-0.39, 0.29) is 0 Å². The molecule has 0 aliphatic rings. The maximum atomic E-state index is 5.39. The largest absolute Gasteiger partial charge is 0.330 e. The molecular formula is C12H30N2. The van der Waals surface area contributed by atoms with Gasteiger partial charge in [0.25, 0.3) is 0 Å². The van der Waals surface area contributed by atoms with Crippen molar-refractivity contribution in [3.8, 4) is 0 Å². The Morgan fingerprint density at radius 1 is 0.643 bits per heavy atom. The van der Waals surface area contributed by atoms with Crippen LogP contribution in [0.25, 0.3) is 0 Å². The van der Waals surface area contributed by atoms with Crippen molar-refractivity contribution in [1.82, 2.24) is 0 Å². The zero-order valence-electron chi connectivity index (χ0n) is 10.6. The Morgan fingerprint density at radius 2 is 0.857 bits per heavy atom. The number of hydrogen-bond donors (Lipinski definition) is 2. The maximum absolute atomic E-state index is 5.39. The van der Waals surface area contributed by atoms with E-state index in [4.69, 9.17) is 11.5 Å². The number of hydrogen-bond acceptors (Lipinski definition) is 2. The molecule has 88 valence electrons. The topological polar surface area (TPSA) is 52.0 Å². The zero-order chi connectivity index (χ0) is 11.4. The molecule has 2 heteroatoms. The van der Waals surface area contributed by atoms with E-state index in [0.717, 1.165) is 24.9 Å². The van der Waals surface area contributed by atoms with Crippen LogP contribution in [-0.4, -0.2) is 13.1 Å². The van der Waals surface area contributed by atoms with Crippen LogP contribution in [0, 0.1) is 11.8 Å². The first-order valence-corrected chi connectivity index (χ1v) is 6.09. The standard InChI is InChI=1S/2C6H15N/c2*1-3-6(4-2)5-7/h2*6H,3-5,7H2,1-2H3. The highest BCUT2D eigenvalue weighted by Crippen LogP contribution is 2.03. The molecule has 0 bridgehead atoms. The van der Waals surface area contributed by atoms with Gasteiger partial charge in [-0.05, 0) is 24.9 Å². The van der Waals surface area contributed by atoms with Crippen LogP contribution in [-0.2, 0) is 0 Å². The van der Waals surface area contributed by atoms with Gasteiger partial charge in [-0.1, -0.05) is 53.4 Å². The molecule has 0 aromatic carbocycles. The van der Waals surface area contributed by atoms with Crippen molar-refractivity contribution < 1.29 is 0 Å². The fraction of sp³-hybridized carbons (Fsp3) is 1.00. The van der Waals surface area contributed by atoms with Gasteiger partial charge in [0.1, 0.15) is 0 Å². The van der Waals surface area contributed by atoms with E-state index in [2.05, 4.69) is 27.7 Å². The van der Waals surface area contributed by atoms with Crippen LogP contribution in [0.15, 0.2) is 0 Å². The van der Waals surface area contributed by atoms with Crippen LogP contribution >= 0.6 is 0 Å². The van der Waals surface area contributed by atoms with E-state index in [9.17, 15) is 0 Å². The minimum atomic E-state index is 0.764. The van der Waals surface area contributed by atoms with Crippen LogP contribution in [0.2, 0.25) is 0 Å². The Hall–Kier alpha value is -0.0800. The fourth-order valence-electron chi connectivity index (χ4n) is 1.24. The summed E-state index contributed by atoms with van der Waals surface area (Å²) in [5.74, 6) is 1.53. The summed E-state index contributed by atoms with van der Waals surface area (Å²) >= 11 is 0. The summed E-state index contributed by atoms with van der Waals surface area (Å²) in [4.78, 5) is 0. The first kappa shape index (κ1) is 16.4. The van der Waals surface area contributed by atoms with E-state index in [1.54, 1.807) is 0 Å². The summed E-state index contributed by atoms with van der Waals surface area (Å²) in [7, 11) is 0. The Morgan fingerprint density at radius 3 is 0.857 bits per heavy atom. The second kappa shape index (κ2) is 12.9. The second-order valence-electron chi connectivity index (χ2n) is 3.84. The first-order chi connectivity index (χ1) is 6.69. The molecule has 0 fully saturated rings. The Kier molecular flexibility index (Phi) is 15.1. The molecule has 0 radical (unpaired) electrons. The molecule has 0 saturated heterocycles. The van der Waals surface area contributed by atoms with Crippen molar-refractivity contribution in [3.05, 3.63) is 0 Å². The molecule has 0 saturated carbocycles. The minimum absolute atomic E-state index is 0.764. The summed E-state index contributed by atoms with van der Waals surface area (Å²) in [5, 5.41) is 0. The Balaban J connectivity index is 0. The molecular weight excluding hydrogens is 172 g/mol. The third-order valence-electron chi connectivity index (χ3n) is 2.98. The third-order valence-corrected chi connectivity index (χ3v) is 2.98. The van der Waals surface area contributed by atoms with Crippen molar-refractivity contribution in [1.29, 1.82) is 0 Å². The summed E-state index contributed by atoms with van der Waals surface area (Å²) in [6.07, 6.45) is 4.92. The van der Waals surface area contributed by atoms with Gasteiger partial charge >= 0.3 is 0 Å². The van der Waals surface area contributed by atoms with Crippen LogP contribution in [0.3, 0.4) is 0 Å². The average Bonchev–Trinajstić information content (AvgIpc) is 2.24. The van der Waals surface area contributed by atoms with Crippen LogP contribution in [0.1, 0.15) is 53.4 Å². The SMILES string of the molecule is CCC(CC)CN.CCC(CC)CN. The molecule has 2 nitrogen and oxygen atoms in total. The van der Waals surface area contributed by atoms with E-state index in [0.29, 0.717) is 0 Å². The molecule has 0 heterocycles. The third kappa shape index (κ3) is 10.0. The lowest BCUT2D eigenvalue weighted by Crippen LogP contribution is -2.11. The second-order valence-corrected chi connectivity index (χ2v) is 3.84. The molecule has 0 aliphatic carbocycles. The van der Waals surface area contributed by atoms with Crippen molar-refractivity contribution >= 4 is 0 Å². The lowest BCUT2D eigenvalue weighted by Gasteiger charge is -2.05. The minimum Gasteiger partial charge on any atom is -0.330 e. The van der Waals surface area contributed by atoms with Gasteiger partial charge in [0.05, 0.1) is 0 Å². The van der Waals surface area contributed by atoms with Crippen LogP contribution in [0.4, 0.5) is 0 Å². The highest BCUT2D eigenvalue weighted by atomic mass is 14.5. The van der Waals surface area contributed by atoms with Gasteiger partial charge in [0.15, 0.2) is 0 Å². The monoisotopic (exact) mass is 202 g/mol. The van der Waals surface area contributed by atoms with E-state index in [1.165, 1.54) is 25.7 Å². The highest BCUT2D eigenvalue weighted by molar-refractivity contribution is 4.52. The fourth-order valence-corrected chi connectivity index (χ4v) is 1.24. The van der Waals surface area contributed by atoms with Crippen LogP contribution in [0.5, 0.6) is 0 Å². The quantitative estimate of drug-likeness (QED) is 0.696. The number of nitrogens with two attached hydrogens (primary N) is 2. The highest BCUT2D eigenvalue weighted by Gasteiger charge is 1.96. The van der Waals surface area contributed by atoms with Crippen molar-refractivity contribution in [2.75, 3.05) is 13.1 Å². The molecule has 0 aromatic rings. The van der Waals surface area contributed by atoms with E-state index >= 15 is 0 Å². The molecule has 14 heavy (non-hydrogen) atoms. The molecule has 0 amide bonds. The van der Waals surface area contributed by atoms with Crippen LogP contribution < -0.4 is 11.5 Å². The van der Waals surface area contributed by atoms with E-state index < -0.39 is 0 Å². The lowest BCUT2D eigenvalue weighted by atomic mass is 10.0. The summed E-state index contributed by atoms with van der Waals surface area (Å²) in [6, 6.07) is 0. The van der Waals surface area contributed by atoms with Gasteiger partial charge in [0.2, 0.25) is 0 Å². The van der Waals surface area contributed by atoms with Gasteiger partial charge in [-0.25, -0.2) is 0 Å². The van der Waals surface area contributed by atoms with Gasteiger partial charge < -0.3 is 11.5 Å². The molecule has 0 rings (SSSR count). The molecule has 0 unspecified atom stereocenters. The molecule has 0 spiro atoms. The van der Waals surface area contributed by atoms with E-state index in [1.807, 2.05) is 0 Å². The van der Waals surface area contributed by atoms with Crippen molar-refractivity contribution in [2.45, 2.75) is 53.4 Å². The van der Waals surface area contributed by atoms with Crippen molar-refractivity contribution in [3.63, 3.8) is 0 Å². The summed E-state index contributed by atoms with van der Waals surface area (Å²) in [6.45, 7) is 10.4. The molecule has 0 aliphatic heterocycles. The van der Waals surface area contributed by atoms with Gasteiger partial charge in [0, 0.05) is 0 Å². The molecule has 4 N–H and O–H groups in total. The summed E-state index contributed by atoms with van der Waals surface area (Å²) in [5.41, 5.74) is 10.8. The zero-order valence-corrected chi connectivity index (χ0v) is 10.6. The van der Waals surface area contributed by atoms with Gasteiger partial charge in [-0.15, -0.1) is 0 Å². The molecule has 0 aromatic heterocycles. The Bertz CT molecular complexity index is 63.3. The average molecular weight is 202 g/mol. The van der Waals surface area contributed by atoms with Gasteiger partial charge in [-0.2, -0.15) is 0 Å². The lowest BCUT2D eigenvalue weighted by molar-refractivity contribution is 0.505. The normalized spacial score (nSPS) is 10.3. The number of rotatable bonds is 6. The predicted octanol–water partition coefficient (Wildman–Crippen LogP) is 2.76. The van der Waals surface area contributed by atoms with Crippen molar-refractivity contribution in [2.24, 2.45) is 23.3 Å². The first-order valence-electron chi connectivity index (χ1n) is 6.09. The molecule has 0 atom stereocenters. The van der Waals surface area contributed by atoms with Gasteiger partial charge in [-0.3, -0.25) is 0 Å². The predicted molar refractivity (Wildman–Crippen MR) is 66.3 cm³/mol. The summed E-state index contributed by atoms with van der Waals surface area (Å²) < 4.78 is 0.